The largest absolute Gasteiger partial charge is 0.135 e. The van der Waals surface area contributed by atoms with Crippen LogP contribution in [0.3, 0.4) is 0 Å². The summed E-state index contributed by atoms with van der Waals surface area (Å²) in [7, 11) is 0. The summed E-state index contributed by atoms with van der Waals surface area (Å²) < 4.78 is 2.49. The highest BCUT2D eigenvalue weighted by molar-refractivity contribution is 7.26. The van der Waals surface area contributed by atoms with Crippen LogP contribution in [0.5, 0.6) is 0 Å². The summed E-state index contributed by atoms with van der Waals surface area (Å²) in [6, 6.07) is 80.0. The van der Waals surface area contributed by atoms with Crippen molar-refractivity contribution in [3.8, 4) is 89.3 Å². The molecule has 0 fully saturated rings. The van der Waals surface area contributed by atoms with Gasteiger partial charge in [0.25, 0.3) is 0 Å². The first kappa shape index (κ1) is 36.3. The van der Waals surface area contributed by atoms with Crippen molar-refractivity contribution < 1.29 is 0 Å². The van der Waals surface area contributed by atoms with E-state index in [1.54, 1.807) is 0 Å². The summed E-state index contributed by atoms with van der Waals surface area (Å²) in [6.07, 6.45) is 0. The highest BCUT2D eigenvalue weighted by Crippen LogP contribution is 2.52. The first-order valence-electron chi connectivity index (χ1n) is 20.5. The Kier molecular flexibility index (Phi) is 9.38. The monoisotopic (exact) mass is 795 g/mol. The Bertz CT molecular complexity index is 3340. The third kappa shape index (κ3) is 6.51. The van der Waals surface area contributed by atoms with Gasteiger partial charge < -0.3 is 0 Å². The lowest BCUT2D eigenvalue weighted by Gasteiger charge is -2.23. The lowest BCUT2D eigenvalue weighted by molar-refractivity contribution is 0.879. The van der Waals surface area contributed by atoms with Crippen molar-refractivity contribution in [2.75, 3.05) is 0 Å². The van der Waals surface area contributed by atoms with Crippen molar-refractivity contribution in [2.45, 2.75) is 0 Å². The first-order valence-corrected chi connectivity index (χ1v) is 21.4. The molecule has 61 heavy (non-hydrogen) atoms. The molecule has 0 aliphatic carbocycles. The van der Waals surface area contributed by atoms with Gasteiger partial charge in [-0.05, 0) is 78.5 Å². The number of rotatable bonds is 8. The van der Waals surface area contributed by atoms with Crippen LogP contribution in [0.1, 0.15) is 0 Å². The molecule has 0 N–H and O–H groups in total. The van der Waals surface area contributed by atoms with Crippen LogP contribution in [-0.4, -0.2) is 15.4 Å². The molecule has 0 amide bonds. The van der Waals surface area contributed by atoms with Gasteiger partial charge in [0, 0.05) is 36.9 Å². The third-order valence-corrected chi connectivity index (χ3v) is 12.7. The molecular formula is C57H37N3S. The Morgan fingerprint density at radius 1 is 0.262 bits per heavy atom. The number of nitrogens with zero attached hydrogens (tertiary/aromatic N) is 3. The van der Waals surface area contributed by atoms with Gasteiger partial charge >= 0.3 is 0 Å². The summed E-state index contributed by atoms with van der Waals surface area (Å²) in [4.78, 5) is 0. The summed E-state index contributed by atoms with van der Waals surface area (Å²) in [5.41, 5.74) is 16.7. The van der Waals surface area contributed by atoms with Crippen LogP contribution in [-0.2, 0) is 0 Å². The number of hydrogen-bond acceptors (Lipinski definition) is 4. The molecule has 11 aromatic rings. The zero-order valence-electron chi connectivity index (χ0n) is 33.1. The van der Waals surface area contributed by atoms with E-state index in [0.717, 1.165) is 89.3 Å². The van der Waals surface area contributed by atoms with Gasteiger partial charge in [-0.15, -0.1) is 21.5 Å². The quantitative estimate of drug-likeness (QED) is 0.154. The predicted molar refractivity (Wildman–Crippen MR) is 256 cm³/mol. The van der Waals surface area contributed by atoms with Crippen molar-refractivity contribution in [3.05, 3.63) is 224 Å². The molecule has 286 valence electrons. The lowest BCUT2D eigenvalue weighted by Crippen LogP contribution is -2.04. The van der Waals surface area contributed by atoms with Gasteiger partial charge in [-0.3, -0.25) is 0 Å². The molecular weight excluding hydrogens is 759 g/mol. The molecule has 2 aromatic heterocycles. The molecule has 9 aromatic carbocycles. The highest BCUT2D eigenvalue weighted by Gasteiger charge is 2.28. The molecule has 0 atom stereocenters. The van der Waals surface area contributed by atoms with Gasteiger partial charge in [-0.2, -0.15) is 0 Å². The smallest absolute Gasteiger partial charge is 0.106 e. The predicted octanol–water partition coefficient (Wildman–Crippen LogP) is 15.6. The van der Waals surface area contributed by atoms with Crippen LogP contribution < -0.4 is 0 Å². The molecule has 0 saturated heterocycles. The first-order chi connectivity index (χ1) is 30.3. The molecule has 4 heteroatoms. The maximum atomic E-state index is 5.19. The van der Waals surface area contributed by atoms with E-state index in [2.05, 4.69) is 224 Å². The number of hydrogen-bond donors (Lipinski definition) is 0. The Balaban J connectivity index is 1.34. The molecule has 2 heterocycles. The van der Waals surface area contributed by atoms with E-state index in [4.69, 9.17) is 10.2 Å². The summed E-state index contributed by atoms with van der Waals surface area (Å²) >= 11 is 1.84. The second-order valence-corrected chi connectivity index (χ2v) is 16.2. The minimum atomic E-state index is 0.765. The number of benzene rings is 9. The minimum absolute atomic E-state index is 0.765. The Morgan fingerprint density at radius 3 is 1.39 bits per heavy atom. The average molecular weight is 796 g/mol. The fourth-order valence-corrected chi connectivity index (χ4v) is 10.0. The third-order valence-electron chi connectivity index (χ3n) is 11.6. The second kappa shape index (κ2) is 15.8. The lowest BCUT2D eigenvalue weighted by atomic mass is 9.81. The topological polar surface area (TPSA) is 38.7 Å². The van der Waals surface area contributed by atoms with Gasteiger partial charge in [0.1, 0.15) is 11.4 Å². The van der Waals surface area contributed by atoms with Gasteiger partial charge in [0.2, 0.25) is 0 Å². The van der Waals surface area contributed by atoms with Gasteiger partial charge in [-0.1, -0.05) is 212 Å². The van der Waals surface area contributed by atoms with E-state index >= 15 is 0 Å². The van der Waals surface area contributed by atoms with Gasteiger partial charge in [0.15, 0.2) is 0 Å². The molecule has 0 saturated carbocycles. The Hall–Kier alpha value is -7.79. The van der Waals surface area contributed by atoms with E-state index in [-0.39, 0.29) is 0 Å². The van der Waals surface area contributed by atoms with Crippen molar-refractivity contribution in [2.24, 2.45) is 0 Å². The van der Waals surface area contributed by atoms with Crippen molar-refractivity contribution >= 4 is 31.5 Å². The zero-order chi connectivity index (χ0) is 40.5. The normalized spacial score (nSPS) is 11.3. The van der Waals surface area contributed by atoms with Crippen LogP contribution in [0.25, 0.3) is 109 Å². The number of thiophene rings is 1. The Labute approximate surface area is 358 Å². The van der Waals surface area contributed by atoms with Crippen LogP contribution in [0.4, 0.5) is 0 Å². The standard InChI is InChI=1S/C57H37N3S/c1-5-20-38(21-6-1)42-28-13-15-30-45(42)47-33-19-34-49(52-44(40-24-9-3-10-25-40)36-37-51-54(52)48-32-17-18-35-50(48)61-51)53(47)57-55(56(58-60-59-57)41-26-11-4-12-27-41)46-31-16-14-29-43(46)39-22-7-2-8-23-39/h1-37H. The average Bonchev–Trinajstić information content (AvgIpc) is 3.73. The molecule has 0 spiro atoms. The van der Waals surface area contributed by atoms with Crippen LogP contribution in [0, 0.1) is 0 Å². The molecule has 0 unspecified atom stereocenters. The van der Waals surface area contributed by atoms with Crippen LogP contribution in [0.2, 0.25) is 0 Å². The van der Waals surface area contributed by atoms with Gasteiger partial charge in [0.05, 0.1) is 0 Å². The highest BCUT2D eigenvalue weighted by atomic mass is 32.1. The van der Waals surface area contributed by atoms with Gasteiger partial charge in [-0.25, -0.2) is 0 Å². The van der Waals surface area contributed by atoms with Crippen molar-refractivity contribution in [1.82, 2.24) is 15.4 Å². The molecule has 0 aliphatic rings. The molecule has 0 bridgehead atoms. The molecule has 0 radical (unpaired) electrons. The summed E-state index contributed by atoms with van der Waals surface area (Å²) in [5.74, 6) is 0. The summed E-state index contributed by atoms with van der Waals surface area (Å²) in [5, 5.41) is 17.2. The SMILES string of the molecule is c1ccc(-c2ccccc2-c2cccc(-c3c(-c4ccccc4)ccc4sc5ccccc5c34)c2-c2nnnc(-c3ccccc3)c2-c2ccccc2-c2ccccc2)cc1. The van der Waals surface area contributed by atoms with Crippen molar-refractivity contribution in [3.63, 3.8) is 0 Å². The summed E-state index contributed by atoms with van der Waals surface area (Å²) in [6.45, 7) is 0. The van der Waals surface area contributed by atoms with E-state index in [9.17, 15) is 0 Å². The fraction of sp³-hybridized carbons (Fsp3) is 0. The number of aromatic nitrogens is 3. The maximum absolute atomic E-state index is 5.19. The van der Waals surface area contributed by atoms with Crippen molar-refractivity contribution in [1.29, 1.82) is 0 Å². The number of fused-ring (bicyclic) bond motifs is 3. The molecule has 0 aliphatic heterocycles. The minimum Gasteiger partial charge on any atom is -0.135 e. The van der Waals surface area contributed by atoms with E-state index in [1.807, 2.05) is 17.4 Å². The zero-order valence-corrected chi connectivity index (χ0v) is 33.9. The van der Waals surface area contributed by atoms with Crippen LogP contribution in [0.15, 0.2) is 224 Å². The maximum Gasteiger partial charge on any atom is 0.106 e. The van der Waals surface area contributed by atoms with Crippen LogP contribution >= 0.6 is 11.3 Å². The molecule has 3 nitrogen and oxygen atoms in total. The van der Waals surface area contributed by atoms with E-state index < -0.39 is 0 Å². The molecule has 11 rings (SSSR count). The fourth-order valence-electron chi connectivity index (χ4n) is 8.91. The Morgan fingerprint density at radius 2 is 0.738 bits per heavy atom. The second-order valence-electron chi connectivity index (χ2n) is 15.1. The van der Waals surface area contributed by atoms with E-state index in [0.29, 0.717) is 0 Å². The van der Waals surface area contributed by atoms with E-state index in [1.165, 1.54) is 20.2 Å².